The lowest BCUT2D eigenvalue weighted by atomic mass is 9.99. The highest BCUT2D eigenvalue weighted by atomic mass is 16.5. The molecule has 1 atom stereocenters. The molecule has 0 spiro atoms. The minimum absolute atomic E-state index is 0.343. The van der Waals surface area contributed by atoms with Crippen molar-refractivity contribution in [2.24, 2.45) is 0 Å². The van der Waals surface area contributed by atoms with Crippen molar-refractivity contribution in [2.45, 2.75) is 38.8 Å². The first kappa shape index (κ1) is 15.1. The topological polar surface area (TPSA) is 70.8 Å². The van der Waals surface area contributed by atoms with Crippen molar-refractivity contribution < 1.29 is 4.52 Å². The molecule has 1 saturated heterocycles. The van der Waals surface area contributed by atoms with Gasteiger partial charge in [0.25, 0.3) is 0 Å². The molecule has 3 aromatic rings. The van der Waals surface area contributed by atoms with Crippen LogP contribution in [-0.2, 0) is 6.54 Å². The largest absolute Gasteiger partial charge is 0.338 e. The molecule has 6 nitrogen and oxygen atoms in total. The maximum Gasteiger partial charge on any atom is 0.241 e. The Morgan fingerprint density at radius 2 is 2.17 bits per heavy atom. The van der Waals surface area contributed by atoms with Crippen LogP contribution in [-0.4, -0.2) is 31.8 Å². The van der Waals surface area contributed by atoms with Gasteiger partial charge in [-0.1, -0.05) is 35.8 Å². The third-order valence-corrected chi connectivity index (χ3v) is 4.69. The summed E-state index contributed by atoms with van der Waals surface area (Å²) in [7, 11) is 0. The van der Waals surface area contributed by atoms with Crippen LogP contribution in [0.1, 0.15) is 42.5 Å². The zero-order valence-corrected chi connectivity index (χ0v) is 13.8. The second-order valence-corrected chi connectivity index (χ2v) is 6.32. The number of nitrogens with zero attached hydrogens (tertiary/aromatic N) is 4. The predicted molar refractivity (Wildman–Crippen MR) is 90.1 cm³/mol. The highest BCUT2D eigenvalue weighted by molar-refractivity contribution is 5.58. The number of hydrogen-bond acceptors (Lipinski definition) is 5. The number of aromatic amines is 1. The van der Waals surface area contributed by atoms with Crippen molar-refractivity contribution in [1.29, 1.82) is 0 Å². The number of piperidine rings is 1. The summed E-state index contributed by atoms with van der Waals surface area (Å²) in [5, 5.41) is 11.4. The van der Waals surface area contributed by atoms with Crippen molar-refractivity contribution in [3.63, 3.8) is 0 Å². The standard InChI is InChI=1S/C18H21N5O/c1-13-6-2-3-7-14(13)18-20-17(24-22-18)12-23-11-5-4-8-16(23)15-9-10-19-21-15/h2-3,6-7,9-10,16H,4-5,8,11-12H2,1H3,(H,19,21). The van der Waals surface area contributed by atoms with Crippen LogP contribution in [0.2, 0.25) is 0 Å². The van der Waals surface area contributed by atoms with Crippen LogP contribution in [0.3, 0.4) is 0 Å². The van der Waals surface area contributed by atoms with Gasteiger partial charge in [-0.2, -0.15) is 10.1 Å². The lowest BCUT2D eigenvalue weighted by Crippen LogP contribution is -2.33. The van der Waals surface area contributed by atoms with Gasteiger partial charge in [-0.25, -0.2) is 0 Å². The van der Waals surface area contributed by atoms with Gasteiger partial charge in [0, 0.05) is 11.8 Å². The van der Waals surface area contributed by atoms with Crippen molar-refractivity contribution in [1.82, 2.24) is 25.2 Å². The minimum atomic E-state index is 0.343. The minimum Gasteiger partial charge on any atom is -0.338 e. The summed E-state index contributed by atoms with van der Waals surface area (Å²) in [5.74, 6) is 1.33. The van der Waals surface area contributed by atoms with Crippen LogP contribution in [0.15, 0.2) is 41.1 Å². The van der Waals surface area contributed by atoms with E-state index in [1.165, 1.54) is 12.8 Å². The van der Waals surface area contributed by atoms with Crippen molar-refractivity contribution >= 4 is 0 Å². The van der Waals surface area contributed by atoms with Gasteiger partial charge in [0.05, 0.1) is 18.3 Å². The monoisotopic (exact) mass is 323 g/mol. The fraction of sp³-hybridized carbons (Fsp3) is 0.389. The zero-order chi connectivity index (χ0) is 16.4. The Labute approximate surface area is 140 Å². The average Bonchev–Trinajstić information content (AvgIpc) is 3.28. The molecule has 1 aromatic carbocycles. The van der Waals surface area contributed by atoms with E-state index in [1.807, 2.05) is 24.4 Å². The van der Waals surface area contributed by atoms with Gasteiger partial charge in [0.1, 0.15) is 0 Å². The molecular formula is C18H21N5O. The number of aromatic nitrogens is 4. The predicted octanol–water partition coefficient (Wildman–Crippen LogP) is 3.50. The molecule has 24 heavy (non-hydrogen) atoms. The molecule has 3 heterocycles. The third-order valence-electron chi connectivity index (χ3n) is 4.69. The SMILES string of the molecule is Cc1ccccc1-c1noc(CN2CCCCC2c2ccn[nH]2)n1. The Balaban J connectivity index is 1.54. The van der Waals surface area contributed by atoms with Gasteiger partial charge in [0.2, 0.25) is 11.7 Å². The maximum absolute atomic E-state index is 5.51. The Morgan fingerprint density at radius 1 is 1.25 bits per heavy atom. The molecule has 0 bridgehead atoms. The van der Waals surface area contributed by atoms with Gasteiger partial charge in [-0.15, -0.1) is 0 Å². The van der Waals surface area contributed by atoms with Gasteiger partial charge in [0.15, 0.2) is 0 Å². The molecule has 0 amide bonds. The van der Waals surface area contributed by atoms with E-state index in [2.05, 4.69) is 44.3 Å². The molecule has 0 saturated carbocycles. The van der Waals surface area contributed by atoms with E-state index < -0.39 is 0 Å². The molecule has 0 aliphatic carbocycles. The number of H-pyrrole nitrogens is 1. The molecule has 1 unspecified atom stereocenters. The maximum atomic E-state index is 5.51. The summed E-state index contributed by atoms with van der Waals surface area (Å²) in [5.41, 5.74) is 3.34. The lowest BCUT2D eigenvalue weighted by molar-refractivity contribution is 0.121. The Kier molecular flexibility index (Phi) is 4.13. The van der Waals surface area contributed by atoms with E-state index in [0.717, 1.165) is 29.8 Å². The molecule has 4 rings (SSSR count). The smallest absolute Gasteiger partial charge is 0.241 e. The fourth-order valence-corrected chi connectivity index (χ4v) is 3.41. The van der Waals surface area contributed by atoms with Crippen LogP contribution in [0.25, 0.3) is 11.4 Å². The number of aryl methyl sites for hydroxylation is 1. The van der Waals surface area contributed by atoms with Crippen LogP contribution < -0.4 is 0 Å². The normalized spacial score (nSPS) is 18.8. The number of rotatable bonds is 4. The molecule has 124 valence electrons. The van der Waals surface area contributed by atoms with Crippen molar-refractivity contribution in [3.05, 3.63) is 53.7 Å². The summed E-state index contributed by atoms with van der Waals surface area (Å²) in [6, 6.07) is 10.5. The van der Waals surface area contributed by atoms with Gasteiger partial charge < -0.3 is 4.52 Å². The van der Waals surface area contributed by atoms with E-state index in [-0.39, 0.29) is 0 Å². The summed E-state index contributed by atoms with van der Waals surface area (Å²) in [6.45, 7) is 3.76. The van der Waals surface area contributed by atoms with Crippen molar-refractivity contribution in [3.8, 4) is 11.4 Å². The quantitative estimate of drug-likeness (QED) is 0.796. The Morgan fingerprint density at radius 3 is 3.00 bits per heavy atom. The first-order valence-corrected chi connectivity index (χ1v) is 8.43. The summed E-state index contributed by atoms with van der Waals surface area (Å²) >= 11 is 0. The molecule has 1 N–H and O–H groups in total. The number of hydrogen-bond donors (Lipinski definition) is 1. The highest BCUT2D eigenvalue weighted by Gasteiger charge is 2.26. The average molecular weight is 323 g/mol. The van der Waals surface area contributed by atoms with Crippen LogP contribution in [0.4, 0.5) is 0 Å². The first-order chi connectivity index (χ1) is 11.8. The summed E-state index contributed by atoms with van der Waals surface area (Å²) in [6.07, 6.45) is 5.37. The van der Waals surface area contributed by atoms with Crippen LogP contribution >= 0.6 is 0 Å². The molecule has 0 radical (unpaired) electrons. The van der Waals surface area contributed by atoms with E-state index in [1.54, 1.807) is 0 Å². The third kappa shape index (κ3) is 2.97. The molecule has 2 aromatic heterocycles. The lowest BCUT2D eigenvalue weighted by Gasteiger charge is -2.33. The summed E-state index contributed by atoms with van der Waals surface area (Å²) in [4.78, 5) is 7.00. The Hall–Kier alpha value is -2.47. The first-order valence-electron chi connectivity index (χ1n) is 8.43. The number of likely N-dealkylation sites (tertiary alicyclic amines) is 1. The van der Waals surface area contributed by atoms with Gasteiger partial charge in [-0.05, 0) is 37.9 Å². The number of benzene rings is 1. The number of nitrogens with one attached hydrogen (secondary N) is 1. The van der Waals surface area contributed by atoms with Gasteiger partial charge >= 0.3 is 0 Å². The molecule has 6 heteroatoms. The molecule has 1 aliphatic rings. The Bertz CT molecular complexity index is 795. The molecule has 1 fully saturated rings. The second kappa shape index (κ2) is 6.57. The van der Waals surface area contributed by atoms with Crippen molar-refractivity contribution in [2.75, 3.05) is 6.54 Å². The summed E-state index contributed by atoms with van der Waals surface area (Å²) < 4.78 is 5.51. The molecular weight excluding hydrogens is 302 g/mol. The second-order valence-electron chi connectivity index (χ2n) is 6.32. The van der Waals surface area contributed by atoms with Crippen LogP contribution in [0, 0.1) is 6.92 Å². The zero-order valence-electron chi connectivity index (χ0n) is 13.8. The van der Waals surface area contributed by atoms with Gasteiger partial charge in [-0.3, -0.25) is 10.00 Å². The van der Waals surface area contributed by atoms with E-state index in [4.69, 9.17) is 4.52 Å². The highest BCUT2D eigenvalue weighted by Crippen LogP contribution is 2.31. The fourth-order valence-electron chi connectivity index (χ4n) is 3.41. The van der Waals surface area contributed by atoms with E-state index >= 15 is 0 Å². The van der Waals surface area contributed by atoms with Crippen LogP contribution in [0.5, 0.6) is 0 Å². The molecule has 1 aliphatic heterocycles. The van der Waals surface area contributed by atoms with E-state index in [9.17, 15) is 0 Å². The van der Waals surface area contributed by atoms with E-state index in [0.29, 0.717) is 24.3 Å².